The number of terminal acetylenes is 1. The highest BCUT2D eigenvalue weighted by molar-refractivity contribution is 6.02. The van der Waals surface area contributed by atoms with Crippen LogP contribution in [0.15, 0.2) is 61.1 Å². The summed E-state index contributed by atoms with van der Waals surface area (Å²) in [6.45, 7) is 11.5. The van der Waals surface area contributed by atoms with Crippen molar-refractivity contribution in [3.63, 3.8) is 0 Å². The molecule has 0 N–H and O–H groups in total. The van der Waals surface area contributed by atoms with Crippen molar-refractivity contribution >= 4 is 33.4 Å². The fourth-order valence-corrected chi connectivity index (χ4v) is 7.41. The van der Waals surface area contributed by atoms with Crippen LogP contribution in [0.25, 0.3) is 32.9 Å². The molecular formula is C38H39F3N6O2. The summed E-state index contributed by atoms with van der Waals surface area (Å²) in [6.07, 6.45) is 11.2. The first-order chi connectivity index (χ1) is 23.5. The van der Waals surface area contributed by atoms with E-state index in [0.29, 0.717) is 65.4 Å². The molecule has 1 amide bonds. The number of aromatic nitrogens is 3. The molecule has 0 unspecified atom stereocenters. The van der Waals surface area contributed by atoms with Gasteiger partial charge >= 0.3 is 6.01 Å². The Bertz CT molecular complexity index is 2030. The van der Waals surface area contributed by atoms with Crippen molar-refractivity contribution in [2.75, 3.05) is 38.2 Å². The van der Waals surface area contributed by atoms with Gasteiger partial charge in [0, 0.05) is 43.3 Å². The Hall–Kier alpha value is -4.95. The number of fused-ring (bicyclic) bond motifs is 2. The van der Waals surface area contributed by atoms with E-state index in [1.54, 1.807) is 29.2 Å². The number of hydrogen-bond acceptors (Lipinski definition) is 7. The van der Waals surface area contributed by atoms with Crippen LogP contribution in [0.1, 0.15) is 45.6 Å². The van der Waals surface area contributed by atoms with Crippen LogP contribution >= 0.6 is 0 Å². The zero-order valence-electron chi connectivity index (χ0n) is 28.1. The van der Waals surface area contributed by atoms with E-state index in [-0.39, 0.29) is 47.4 Å². The maximum absolute atomic E-state index is 16.9. The van der Waals surface area contributed by atoms with Crippen LogP contribution < -0.4 is 9.64 Å². The zero-order valence-corrected chi connectivity index (χ0v) is 28.1. The standard InChI is InChI=1S/C38H39F3N6O2/c1-7-16-46-21-24(19-39)18-38(46,5)22-49-37-43-35-28(36(44-37)45(6)30-15-17-47(23(30)4)31(48)9-3)20-42-34(33(35)41)27-12-10-11-25-13-14-29(40)26(8-2)32(25)27/h2,9-14,19-20,23,30H,3,7,15-18,21-22H2,1,4-6H3/b24-19-/t23-,30-,38+/m1/s1. The first-order valence-corrected chi connectivity index (χ1v) is 16.4. The first kappa shape index (κ1) is 33.9. The number of likely N-dealkylation sites (tertiary alicyclic amines) is 2. The quantitative estimate of drug-likeness (QED) is 0.143. The number of halogens is 3. The summed E-state index contributed by atoms with van der Waals surface area (Å²) in [7, 11) is 1.84. The lowest BCUT2D eigenvalue weighted by Crippen LogP contribution is -2.46. The van der Waals surface area contributed by atoms with Gasteiger partial charge in [-0.15, -0.1) is 6.42 Å². The van der Waals surface area contributed by atoms with Crippen LogP contribution in [-0.2, 0) is 4.79 Å². The monoisotopic (exact) mass is 668 g/mol. The third-order valence-corrected chi connectivity index (χ3v) is 9.97. The molecule has 2 saturated heterocycles. The Labute approximate surface area is 284 Å². The minimum absolute atomic E-state index is 0.0125. The number of carbonyl (C=O) groups is 1. The minimum atomic E-state index is -0.746. The van der Waals surface area contributed by atoms with Crippen molar-refractivity contribution in [2.45, 2.75) is 57.7 Å². The molecule has 0 spiro atoms. The third-order valence-electron chi connectivity index (χ3n) is 9.97. The normalized spacial score (nSPS) is 21.8. The van der Waals surface area contributed by atoms with Crippen LogP contribution in [0.4, 0.5) is 19.0 Å². The molecule has 6 rings (SSSR count). The lowest BCUT2D eigenvalue weighted by atomic mass is 9.96. The molecule has 4 heterocycles. The zero-order chi connectivity index (χ0) is 35.0. The highest BCUT2D eigenvalue weighted by atomic mass is 19.1. The third kappa shape index (κ3) is 5.99. The highest BCUT2D eigenvalue weighted by Gasteiger charge is 2.40. The number of anilines is 1. The number of benzene rings is 2. The van der Waals surface area contributed by atoms with Gasteiger partial charge in [0.05, 0.1) is 28.9 Å². The molecule has 2 fully saturated rings. The maximum atomic E-state index is 16.9. The Balaban J connectivity index is 1.48. The molecule has 2 aliphatic rings. The van der Waals surface area contributed by atoms with E-state index in [2.05, 4.69) is 34.3 Å². The molecule has 0 aliphatic carbocycles. The molecule has 4 aromatic rings. The molecule has 8 nitrogen and oxygen atoms in total. The predicted molar refractivity (Wildman–Crippen MR) is 186 cm³/mol. The molecule has 2 aromatic heterocycles. The maximum Gasteiger partial charge on any atom is 0.319 e. The van der Waals surface area contributed by atoms with E-state index in [9.17, 15) is 13.6 Å². The van der Waals surface area contributed by atoms with Crippen LogP contribution in [0.2, 0.25) is 0 Å². The van der Waals surface area contributed by atoms with Gasteiger partial charge in [-0.05, 0) is 62.8 Å². The van der Waals surface area contributed by atoms with Crippen molar-refractivity contribution in [3.05, 3.63) is 78.3 Å². The largest absolute Gasteiger partial charge is 0.461 e. The summed E-state index contributed by atoms with van der Waals surface area (Å²) in [5, 5.41) is 1.34. The Morgan fingerprint density at radius 2 is 2.06 bits per heavy atom. The topological polar surface area (TPSA) is 74.7 Å². The van der Waals surface area contributed by atoms with Crippen molar-refractivity contribution < 1.29 is 22.7 Å². The molecule has 0 saturated carbocycles. The number of pyridine rings is 1. The summed E-state index contributed by atoms with van der Waals surface area (Å²) in [5.74, 6) is 1.28. The van der Waals surface area contributed by atoms with Crippen LogP contribution in [-0.4, -0.2) is 81.6 Å². The fraction of sp³-hybridized carbons (Fsp3) is 0.368. The lowest BCUT2D eigenvalue weighted by molar-refractivity contribution is -0.126. The molecule has 49 heavy (non-hydrogen) atoms. The van der Waals surface area contributed by atoms with Gasteiger partial charge in [0.2, 0.25) is 5.91 Å². The second-order valence-corrected chi connectivity index (χ2v) is 13.1. The van der Waals surface area contributed by atoms with Crippen molar-refractivity contribution in [3.8, 4) is 29.6 Å². The number of amides is 1. The summed E-state index contributed by atoms with van der Waals surface area (Å²) >= 11 is 0. The second kappa shape index (κ2) is 13.5. The predicted octanol–water partition coefficient (Wildman–Crippen LogP) is 6.82. The first-order valence-electron chi connectivity index (χ1n) is 16.4. The van der Waals surface area contributed by atoms with E-state index >= 15 is 4.39 Å². The van der Waals surface area contributed by atoms with E-state index in [1.807, 2.05) is 25.8 Å². The SMILES string of the molecule is C#Cc1c(F)ccc2cccc(-c3ncc4c(N(C)[C@@H]5CCN(C(=O)C=C)[C@@H]5C)nc(OC[C@]5(C)C/C(=C/F)CN5CCC)nc4c3F)c12. The number of rotatable bonds is 9. The van der Waals surface area contributed by atoms with Gasteiger partial charge < -0.3 is 14.5 Å². The number of ether oxygens (including phenoxy) is 1. The number of nitrogens with zero attached hydrogens (tertiary/aromatic N) is 6. The van der Waals surface area contributed by atoms with E-state index in [1.165, 1.54) is 18.3 Å². The van der Waals surface area contributed by atoms with Crippen LogP contribution in [0.5, 0.6) is 6.01 Å². The lowest BCUT2D eigenvalue weighted by Gasteiger charge is -2.34. The average Bonchev–Trinajstić information content (AvgIpc) is 3.65. The molecule has 2 aliphatic heterocycles. The van der Waals surface area contributed by atoms with Crippen molar-refractivity contribution in [1.29, 1.82) is 0 Å². The van der Waals surface area contributed by atoms with Gasteiger partial charge in [-0.1, -0.05) is 43.7 Å². The smallest absolute Gasteiger partial charge is 0.319 e. The summed E-state index contributed by atoms with van der Waals surface area (Å²) in [6, 6.07) is 7.62. The summed E-state index contributed by atoms with van der Waals surface area (Å²) in [4.78, 5) is 32.3. The average molecular weight is 669 g/mol. The van der Waals surface area contributed by atoms with Gasteiger partial charge in [-0.25, -0.2) is 13.2 Å². The Morgan fingerprint density at radius 3 is 2.78 bits per heavy atom. The minimum Gasteiger partial charge on any atom is -0.461 e. The molecule has 0 radical (unpaired) electrons. The highest BCUT2D eigenvalue weighted by Crippen LogP contribution is 2.38. The Morgan fingerprint density at radius 1 is 1.27 bits per heavy atom. The summed E-state index contributed by atoms with van der Waals surface area (Å²) < 4.78 is 51.7. The summed E-state index contributed by atoms with van der Waals surface area (Å²) in [5.41, 5.74) is 0.382. The van der Waals surface area contributed by atoms with Crippen molar-refractivity contribution in [1.82, 2.24) is 24.8 Å². The molecular weight excluding hydrogens is 629 g/mol. The molecule has 254 valence electrons. The fourth-order valence-electron chi connectivity index (χ4n) is 7.41. The Kier molecular flexibility index (Phi) is 9.36. The van der Waals surface area contributed by atoms with Gasteiger partial charge in [0.25, 0.3) is 0 Å². The van der Waals surface area contributed by atoms with Crippen molar-refractivity contribution in [2.24, 2.45) is 0 Å². The molecule has 0 bridgehead atoms. The van der Waals surface area contributed by atoms with Crippen LogP contribution in [0, 0.1) is 24.0 Å². The van der Waals surface area contributed by atoms with Gasteiger partial charge in [0.15, 0.2) is 5.82 Å². The second-order valence-electron chi connectivity index (χ2n) is 13.1. The number of hydrogen-bond donors (Lipinski definition) is 0. The molecule has 2 aromatic carbocycles. The van der Waals surface area contributed by atoms with Gasteiger partial charge in [-0.3, -0.25) is 14.7 Å². The van der Waals surface area contributed by atoms with Gasteiger partial charge in [0.1, 0.15) is 29.5 Å². The van der Waals surface area contributed by atoms with Crippen LogP contribution in [0.3, 0.4) is 0 Å². The van der Waals surface area contributed by atoms with E-state index in [4.69, 9.17) is 16.1 Å². The van der Waals surface area contributed by atoms with E-state index in [0.717, 1.165) is 13.0 Å². The van der Waals surface area contributed by atoms with E-state index < -0.39 is 17.2 Å². The number of likely N-dealkylation sites (N-methyl/N-ethyl adjacent to an activating group) is 1. The number of carbonyl (C=O) groups excluding carboxylic acids is 1. The molecule has 3 atom stereocenters. The van der Waals surface area contributed by atoms with Gasteiger partial charge in [-0.2, -0.15) is 9.97 Å². The molecule has 11 heteroatoms.